The Hall–Kier alpha value is -2.62. The van der Waals surface area contributed by atoms with Gasteiger partial charge in [-0.3, -0.25) is 4.79 Å². The van der Waals surface area contributed by atoms with E-state index in [0.717, 1.165) is 11.1 Å². The second kappa shape index (κ2) is 6.02. The van der Waals surface area contributed by atoms with E-state index in [9.17, 15) is 9.59 Å². The molecule has 4 nitrogen and oxygen atoms in total. The summed E-state index contributed by atoms with van der Waals surface area (Å²) >= 11 is 0. The molecule has 0 aliphatic carbocycles. The van der Waals surface area contributed by atoms with E-state index in [2.05, 4.69) is 5.32 Å². The second-order valence-corrected chi connectivity index (χ2v) is 4.55. The Morgan fingerprint density at radius 2 is 1.80 bits per heavy atom. The van der Waals surface area contributed by atoms with Gasteiger partial charge >= 0.3 is 5.97 Å². The summed E-state index contributed by atoms with van der Waals surface area (Å²) in [5, 5.41) is 11.7. The van der Waals surface area contributed by atoms with Crippen LogP contribution in [-0.4, -0.2) is 17.0 Å². The lowest BCUT2D eigenvalue weighted by Crippen LogP contribution is -2.15. The van der Waals surface area contributed by atoms with Crippen molar-refractivity contribution in [1.82, 2.24) is 0 Å². The van der Waals surface area contributed by atoms with Gasteiger partial charge in [0.05, 0.1) is 12.0 Å². The molecule has 2 rings (SSSR count). The average Bonchev–Trinajstić information content (AvgIpc) is 2.42. The molecule has 20 heavy (non-hydrogen) atoms. The lowest BCUT2D eigenvalue weighted by Gasteiger charge is -2.09. The number of aromatic carboxylic acids is 1. The first-order chi connectivity index (χ1) is 9.56. The number of aryl methyl sites for hydroxylation is 1. The van der Waals surface area contributed by atoms with Crippen molar-refractivity contribution in [2.45, 2.75) is 13.3 Å². The van der Waals surface area contributed by atoms with Gasteiger partial charge in [-0.2, -0.15) is 0 Å². The number of anilines is 1. The number of hydrogen-bond acceptors (Lipinski definition) is 2. The number of carboxylic acids is 1. The van der Waals surface area contributed by atoms with Crippen LogP contribution in [0.15, 0.2) is 48.5 Å². The highest BCUT2D eigenvalue weighted by Gasteiger charge is 2.08. The van der Waals surface area contributed by atoms with Gasteiger partial charge in [0, 0.05) is 5.69 Å². The fourth-order valence-electron chi connectivity index (χ4n) is 1.91. The van der Waals surface area contributed by atoms with Gasteiger partial charge in [-0.15, -0.1) is 0 Å². The molecule has 102 valence electrons. The summed E-state index contributed by atoms with van der Waals surface area (Å²) in [6, 6.07) is 14.1. The highest BCUT2D eigenvalue weighted by Crippen LogP contribution is 2.17. The van der Waals surface area contributed by atoms with E-state index in [-0.39, 0.29) is 11.5 Å². The van der Waals surface area contributed by atoms with Gasteiger partial charge in [0.15, 0.2) is 0 Å². The molecule has 0 aliphatic rings. The van der Waals surface area contributed by atoms with Crippen LogP contribution in [0.3, 0.4) is 0 Å². The summed E-state index contributed by atoms with van der Waals surface area (Å²) in [4.78, 5) is 22.8. The lowest BCUT2D eigenvalue weighted by molar-refractivity contribution is -0.115. The topological polar surface area (TPSA) is 66.4 Å². The molecule has 0 aromatic heterocycles. The Kier molecular flexibility index (Phi) is 4.15. The highest BCUT2D eigenvalue weighted by atomic mass is 16.4. The van der Waals surface area contributed by atoms with Gasteiger partial charge < -0.3 is 10.4 Å². The molecule has 0 saturated carbocycles. The van der Waals surface area contributed by atoms with Gasteiger partial charge in [0.1, 0.15) is 0 Å². The van der Waals surface area contributed by atoms with E-state index in [4.69, 9.17) is 5.11 Å². The molecular formula is C16H15NO3. The van der Waals surface area contributed by atoms with Crippen molar-refractivity contribution in [3.8, 4) is 0 Å². The van der Waals surface area contributed by atoms with Gasteiger partial charge in [0.2, 0.25) is 5.91 Å². The molecule has 2 N–H and O–H groups in total. The van der Waals surface area contributed by atoms with Crippen LogP contribution in [0.2, 0.25) is 0 Å². The van der Waals surface area contributed by atoms with Crippen molar-refractivity contribution in [3.05, 3.63) is 65.2 Å². The van der Waals surface area contributed by atoms with Gasteiger partial charge in [-0.25, -0.2) is 4.79 Å². The molecule has 0 radical (unpaired) electrons. The molecule has 0 unspecified atom stereocenters. The van der Waals surface area contributed by atoms with E-state index in [1.54, 1.807) is 19.1 Å². The maximum absolute atomic E-state index is 11.9. The number of hydrogen-bond donors (Lipinski definition) is 2. The number of carbonyl (C=O) groups excluding carboxylic acids is 1. The molecule has 0 aliphatic heterocycles. The maximum atomic E-state index is 11.9. The van der Waals surface area contributed by atoms with Crippen LogP contribution in [0.25, 0.3) is 0 Å². The molecule has 0 spiro atoms. The Bertz CT molecular complexity index is 635. The molecular weight excluding hydrogens is 254 g/mol. The minimum Gasteiger partial charge on any atom is -0.478 e. The first kappa shape index (κ1) is 13.8. The van der Waals surface area contributed by atoms with Crippen molar-refractivity contribution < 1.29 is 14.7 Å². The monoisotopic (exact) mass is 269 g/mol. The molecule has 2 aromatic rings. The summed E-state index contributed by atoms with van der Waals surface area (Å²) in [5.74, 6) is -1.10. The zero-order valence-electron chi connectivity index (χ0n) is 11.1. The van der Waals surface area contributed by atoms with Gasteiger partial charge in [-0.1, -0.05) is 30.3 Å². The first-order valence-corrected chi connectivity index (χ1v) is 6.24. The van der Waals surface area contributed by atoms with Crippen LogP contribution >= 0.6 is 0 Å². The van der Waals surface area contributed by atoms with Crippen LogP contribution in [0, 0.1) is 6.92 Å². The minimum absolute atomic E-state index is 0.123. The van der Waals surface area contributed by atoms with Crippen LogP contribution in [-0.2, 0) is 11.2 Å². The predicted molar refractivity (Wildman–Crippen MR) is 76.9 cm³/mol. The van der Waals surface area contributed by atoms with Gasteiger partial charge in [-0.05, 0) is 36.2 Å². The number of rotatable bonds is 4. The molecule has 0 saturated heterocycles. The first-order valence-electron chi connectivity index (χ1n) is 6.24. The number of nitrogens with one attached hydrogen (secondary N) is 1. The zero-order valence-corrected chi connectivity index (χ0v) is 11.1. The van der Waals surface area contributed by atoms with Crippen LogP contribution in [0.4, 0.5) is 5.69 Å². The second-order valence-electron chi connectivity index (χ2n) is 4.55. The third kappa shape index (κ3) is 3.45. The van der Waals surface area contributed by atoms with E-state index in [1.807, 2.05) is 30.3 Å². The molecule has 0 fully saturated rings. The fourth-order valence-corrected chi connectivity index (χ4v) is 1.91. The van der Waals surface area contributed by atoms with E-state index in [0.29, 0.717) is 12.1 Å². The minimum atomic E-state index is -0.977. The van der Waals surface area contributed by atoms with Crippen LogP contribution < -0.4 is 5.32 Å². The van der Waals surface area contributed by atoms with Crippen molar-refractivity contribution in [2.24, 2.45) is 0 Å². The SMILES string of the molecule is Cc1cc(C(=O)O)ccc1NC(=O)Cc1ccccc1. The normalized spacial score (nSPS) is 10.1. The summed E-state index contributed by atoms with van der Waals surface area (Å²) in [6.45, 7) is 1.77. The smallest absolute Gasteiger partial charge is 0.335 e. The Labute approximate surface area is 117 Å². The number of benzene rings is 2. The Morgan fingerprint density at radius 1 is 1.10 bits per heavy atom. The zero-order chi connectivity index (χ0) is 14.5. The largest absolute Gasteiger partial charge is 0.478 e. The van der Waals surface area contributed by atoms with E-state index < -0.39 is 5.97 Å². The number of carboxylic acid groups (broad SMARTS) is 1. The lowest BCUT2D eigenvalue weighted by atomic mass is 10.1. The Balaban J connectivity index is 2.06. The molecule has 0 heterocycles. The van der Waals surface area contributed by atoms with Crippen LogP contribution in [0.1, 0.15) is 21.5 Å². The molecule has 2 aromatic carbocycles. The molecule has 0 atom stereocenters. The van der Waals surface area contributed by atoms with Gasteiger partial charge in [0.25, 0.3) is 0 Å². The Morgan fingerprint density at radius 3 is 2.40 bits per heavy atom. The van der Waals surface area contributed by atoms with E-state index in [1.165, 1.54) is 6.07 Å². The maximum Gasteiger partial charge on any atom is 0.335 e. The average molecular weight is 269 g/mol. The molecule has 1 amide bonds. The molecule has 4 heteroatoms. The predicted octanol–water partition coefficient (Wildman–Crippen LogP) is 2.87. The fraction of sp³-hybridized carbons (Fsp3) is 0.125. The summed E-state index contributed by atoms with van der Waals surface area (Å²) in [5.41, 5.74) is 2.51. The summed E-state index contributed by atoms with van der Waals surface area (Å²) in [6.07, 6.45) is 0.293. The third-order valence-corrected chi connectivity index (χ3v) is 2.95. The summed E-state index contributed by atoms with van der Waals surface area (Å²) < 4.78 is 0. The van der Waals surface area contributed by atoms with Crippen LogP contribution in [0.5, 0.6) is 0 Å². The van der Waals surface area contributed by atoms with Crippen molar-refractivity contribution in [1.29, 1.82) is 0 Å². The standard InChI is InChI=1S/C16H15NO3/c1-11-9-13(16(19)20)7-8-14(11)17-15(18)10-12-5-3-2-4-6-12/h2-9H,10H2,1H3,(H,17,18)(H,19,20). The highest BCUT2D eigenvalue weighted by molar-refractivity contribution is 5.94. The van der Waals surface area contributed by atoms with E-state index >= 15 is 0 Å². The van der Waals surface area contributed by atoms with Crippen molar-refractivity contribution in [2.75, 3.05) is 5.32 Å². The summed E-state index contributed by atoms with van der Waals surface area (Å²) in [7, 11) is 0. The van der Waals surface area contributed by atoms with Crippen molar-refractivity contribution in [3.63, 3.8) is 0 Å². The quantitative estimate of drug-likeness (QED) is 0.896. The number of amides is 1. The third-order valence-electron chi connectivity index (χ3n) is 2.95. The van der Waals surface area contributed by atoms with Crippen molar-refractivity contribution >= 4 is 17.6 Å². The molecule has 0 bridgehead atoms. The number of carbonyl (C=O) groups is 2.